The van der Waals surface area contributed by atoms with Crippen LogP contribution in [-0.4, -0.2) is 20.9 Å². The van der Waals surface area contributed by atoms with Crippen molar-refractivity contribution in [2.24, 2.45) is 0 Å². The Balaban J connectivity index is 1.81. The molecule has 0 aromatic heterocycles. The molecule has 5 nitrogen and oxygen atoms in total. The third kappa shape index (κ3) is 3.92. The van der Waals surface area contributed by atoms with E-state index >= 15 is 0 Å². The van der Waals surface area contributed by atoms with Gasteiger partial charge in [0.15, 0.2) is 0 Å². The summed E-state index contributed by atoms with van der Waals surface area (Å²) in [6.07, 6.45) is 2.56. The minimum absolute atomic E-state index is 0.0635. The van der Waals surface area contributed by atoms with Gasteiger partial charge in [0.25, 0.3) is 10.0 Å². The van der Waals surface area contributed by atoms with Gasteiger partial charge in [-0.25, -0.2) is 8.42 Å². The lowest BCUT2D eigenvalue weighted by atomic mass is 9.95. The number of nitrogens with one attached hydrogen (secondary N) is 2. The van der Waals surface area contributed by atoms with Gasteiger partial charge in [0.1, 0.15) is 0 Å². The van der Waals surface area contributed by atoms with Crippen LogP contribution in [0.25, 0.3) is 0 Å². The molecule has 0 spiro atoms. The number of amides is 1. The van der Waals surface area contributed by atoms with Crippen LogP contribution in [0.3, 0.4) is 0 Å². The maximum absolute atomic E-state index is 12.9. The molecule has 6 heteroatoms. The average Bonchev–Trinajstić information content (AvgIpc) is 3.40. The van der Waals surface area contributed by atoms with Crippen LogP contribution in [0.15, 0.2) is 41.3 Å². The van der Waals surface area contributed by atoms with Crippen molar-refractivity contribution in [1.82, 2.24) is 5.32 Å². The first kappa shape index (κ1) is 20.4. The van der Waals surface area contributed by atoms with E-state index < -0.39 is 15.4 Å². The Morgan fingerprint density at radius 1 is 1.04 bits per heavy atom. The maximum Gasteiger partial charge on any atom is 0.262 e. The Morgan fingerprint density at radius 2 is 1.61 bits per heavy atom. The molecular weight excluding hydrogens is 372 g/mol. The molecule has 0 saturated heterocycles. The Morgan fingerprint density at radius 3 is 2.11 bits per heavy atom. The standard InChI is InChI=1S/C22H28N2O3S/c1-5-12-23-21(25)22(10-11-22)18-6-8-19(9-7-18)24-28(26,27)20-16(3)13-15(2)14-17(20)4/h6-9,13-14,24H,5,10-12H2,1-4H3,(H,23,25). The number of aryl methyl sites for hydroxylation is 3. The number of carbonyl (C=O) groups is 1. The summed E-state index contributed by atoms with van der Waals surface area (Å²) in [5, 5.41) is 2.97. The van der Waals surface area contributed by atoms with Gasteiger partial charge in [0.05, 0.1) is 10.3 Å². The molecule has 0 heterocycles. The van der Waals surface area contributed by atoms with E-state index in [0.29, 0.717) is 17.1 Å². The number of hydrogen-bond acceptors (Lipinski definition) is 3. The van der Waals surface area contributed by atoms with Crippen molar-refractivity contribution < 1.29 is 13.2 Å². The maximum atomic E-state index is 12.9. The normalized spacial score (nSPS) is 15.1. The summed E-state index contributed by atoms with van der Waals surface area (Å²) >= 11 is 0. The Bertz CT molecular complexity index is 968. The molecule has 1 saturated carbocycles. The summed E-state index contributed by atoms with van der Waals surface area (Å²) in [6.45, 7) is 8.27. The molecule has 0 aliphatic heterocycles. The van der Waals surface area contributed by atoms with Crippen LogP contribution in [-0.2, 0) is 20.2 Å². The molecule has 2 aromatic rings. The minimum Gasteiger partial charge on any atom is -0.355 e. The molecule has 28 heavy (non-hydrogen) atoms. The first-order valence-electron chi connectivity index (χ1n) is 9.69. The van der Waals surface area contributed by atoms with Gasteiger partial charge in [-0.15, -0.1) is 0 Å². The van der Waals surface area contributed by atoms with Crippen LogP contribution in [0.4, 0.5) is 5.69 Å². The van der Waals surface area contributed by atoms with Crippen molar-refractivity contribution in [2.45, 2.75) is 57.3 Å². The van der Waals surface area contributed by atoms with Crippen LogP contribution in [0.5, 0.6) is 0 Å². The molecule has 1 fully saturated rings. The van der Waals surface area contributed by atoms with Gasteiger partial charge in [-0.2, -0.15) is 0 Å². The van der Waals surface area contributed by atoms with Crippen LogP contribution >= 0.6 is 0 Å². The second-order valence-corrected chi connectivity index (χ2v) is 9.37. The quantitative estimate of drug-likeness (QED) is 0.738. The molecule has 0 radical (unpaired) electrons. The smallest absolute Gasteiger partial charge is 0.262 e. The highest BCUT2D eigenvalue weighted by Gasteiger charge is 2.50. The molecule has 2 N–H and O–H groups in total. The number of anilines is 1. The number of benzene rings is 2. The highest BCUT2D eigenvalue weighted by Crippen LogP contribution is 2.48. The molecule has 150 valence electrons. The molecule has 3 rings (SSSR count). The molecule has 0 bridgehead atoms. The van der Waals surface area contributed by atoms with E-state index in [-0.39, 0.29) is 5.91 Å². The third-order valence-corrected chi connectivity index (χ3v) is 6.97. The molecule has 0 atom stereocenters. The predicted octanol–water partition coefficient (Wildman–Crippen LogP) is 3.97. The van der Waals surface area contributed by atoms with Crippen LogP contribution in [0.2, 0.25) is 0 Å². The van der Waals surface area contributed by atoms with Crippen LogP contribution < -0.4 is 10.0 Å². The highest BCUT2D eigenvalue weighted by atomic mass is 32.2. The first-order valence-corrected chi connectivity index (χ1v) is 11.2. The van der Waals surface area contributed by atoms with E-state index in [4.69, 9.17) is 0 Å². The molecule has 1 aliphatic rings. The van der Waals surface area contributed by atoms with Crippen molar-refractivity contribution in [3.05, 3.63) is 58.7 Å². The van der Waals surface area contributed by atoms with Gasteiger partial charge < -0.3 is 5.32 Å². The molecule has 1 aliphatic carbocycles. The van der Waals surface area contributed by atoms with Gasteiger partial charge in [-0.1, -0.05) is 36.8 Å². The minimum atomic E-state index is -3.68. The fourth-order valence-corrected chi connectivity index (χ4v) is 5.35. The highest BCUT2D eigenvalue weighted by molar-refractivity contribution is 7.92. The van der Waals surface area contributed by atoms with Gasteiger partial charge in [-0.05, 0) is 68.9 Å². The van der Waals surface area contributed by atoms with E-state index in [1.807, 2.05) is 52.0 Å². The van der Waals surface area contributed by atoms with Gasteiger partial charge in [-0.3, -0.25) is 9.52 Å². The SMILES string of the molecule is CCCNC(=O)C1(c2ccc(NS(=O)(=O)c3c(C)cc(C)cc3C)cc2)CC1. The number of carbonyl (C=O) groups excluding carboxylic acids is 1. The van der Waals surface area contributed by atoms with Crippen molar-refractivity contribution in [3.63, 3.8) is 0 Å². The van der Waals surface area contributed by atoms with E-state index in [2.05, 4.69) is 10.0 Å². The number of rotatable bonds is 7. The Labute approximate surface area is 167 Å². The van der Waals surface area contributed by atoms with Crippen molar-refractivity contribution in [1.29, 1.82) is 0 Å². The summed E-state index contributed by atoms with van der Waals surface area (Å²) in [6, 6.07) is 10.9. The van der Waals surface area contributed by atoms with E-state index in [1.54, 1.807) is 12.1 Å². The molecular formula is C22H28N2O3S. The fourth-order valence-electron chi connectivity index (χ4n) is 3.83. The number of hydrogen-bond donors (Lipinski definition) is 2. The zero-order valence-electron chi connectivity index (χ0n) is 16.9. The van der Waals surface area contributed by atoms with Crippen molar-refractivity contribution in [3.8, 4) is 0 Å². The average molecular weight is 401 g/mol. The van der Waals surface area contributed by atoms with Crippen molar-refractivity contribution >= 4 is 21.6 Å². The van der Waals surface area contributed by atoms with Gasteiger partial charge >= 0.3 is 0 Å². The summed E-state index contributed by atoms with van der Waals surface area (Å²) in [4.78, 5) is 12.8. The summed E-state index contributed by atoms with van der Waals surface area (Å²) in [5.74, 6) is 0.0635. The first-order chi connectivity index (χ1) is 13.2. The van der Waals surface area contributed by atoms with E-state index in [1.165, 1.54) is 0 Å². The summed E-state index contributed by atoms with van der Waals surface area (Å²) in [7, 11) is -3.68. The predicted molar refractivity (Wildman–Crippen MR) is 112 cm³/mol. The topological polar surface area (TPSA) is 75.3 Å². The Kier molecular flexibility index (Phi) is 5.53. The van der Waals surface area contributed by atoms with Crippen molar-refractivity contribution in [2.75, 3.05) is 11.3 Å². The lowest BCUT2D eigenvalue weighted by molar-refractivity contribution is -0.123. The second-order valence-electron chi connectivity index (χ2n) is 7.75. The van der Waals surface area contributed by atoms with Gasteiger partial charge in [0, 0.05) is 12.2 Å². The van der Waals surface area contributed by atoms with Crippen LogP contribution in [0.1, 0.15) is 48.4 Å². The zero-order chi connectivity index (χ0) is 20.5. The zero-order valence-corrected chi connectivity index (χ0v) is 17.7. The lowest BCUT2D eigenvalue weighted by Crippen LogP contribution is -2.35. The van der Waals surface area contributed by atoms with Gasteiger partial charge in [0.2, 0.25) is 5.91 Å². The van der Waals surface area contributed by atoms with E-state index in [0.717, 1.165) is 41.5 Å². The molecule has 1 amide bonds. The van der Waals surface area contributed by atoms with E-state index in [9.17, 15) is 13.2 Å². The molecule has 2 aromatic carbocycles. The number of sulfonamides is 1. The Hall–Kier alpha value is -2.34. The fraction of sp³-hybridized carbons (Fsp3) is 0.409. The monoisotopic (exact) mass is 400 g/mol. The summed E-state index contributed by atoms with van der Waals surface area (Å²) < 4.78 is 28.5. The largest absolute Gasteiger partial charge is 0.355 e. The summed E-state index contributed by atoms with van der Waals surface area (Å²) in [5.41, 5.74) is 3.47. The third-order valence-electron chi connectivity index (χ3n) is 5.28. The van der Waals surface area contributed by atoms with Crippen LogP contribution in [0, 0.1) is 20.8 Å². The second kappa shape index (κ2) is 7.59. The molecule has 0 unspecified atom stereocenters. The lowest BCUT2D eigenvalue weighted by Gasteiger charge is -2.17.